The van der Waals surface area contributed by atoms with Crippen molar-refractivity contribution in [3.8, 4) is 11.3 Å². The molecule has 4 heterocycles. The quantitative estimate of drug-likeness (QED) is 0.473. The van der Waals surface area contributed by atoms with E-state index in [4.69, 9.17) is 4.74 Å². The highest BCUT2D eigenvalue weighted by molar-refractivity contribution is 14.1. The molecule has 0 aromatic carbocycles. The van der Waals surface area contributed by atoms with Gasteiger partial charge in [-0.15, -0.1) is 0 Å². The second-order valence-electron chi connectivity index (χ2n) is 5.83. The van der Waals surface area contributed by atoms with Crippen molar-refractivity contribution in [1.82, 2.24) is 20.3 Å². The normalized spacial score (nSPS) is 16.8. The standard InChI is InChI=1S/C17H14FIN4O2/c1-25-7-8-6-21-17(24)12-13(19)16(23-14(8)12)9-4-5-20-10-2-3-11(18)22-15(9)10/h2-5,8,23H,6-7H2,1H3,(H,21,24). The Balaban J connectivity index is 1.95. The Morgan fingerprint density at radius 2 is 2.24 bits per heavy atom. The van der Waals surface area contributed by atoms with Crippen molar-refractivity contribution < 1.29 is 13.9 Å². The second-order valence-corrected chi connectivity index (χ2v) is 6.90. The molecule has 128 valence electrons. The molecule has 1 unspecified atom stereocenters. The van der Waals surface area contributed by atoms with E-state index in [0.29, 0.717) is 35.3 Å². The van der Waals surface area contributed by atoms with E-state index in [2.05, 4.69) is 42.9 Å². The summed E-state index contributed by atoms with van der Waals surface area (Å²) in [5.41, 5.74) is 3.97. The topological polar surface area (TPSA) is 79.9 Å². The fraction of sp³-hybridized carbons (Fsp3) is 0.235. The lowest BCUT2D eigenvalue weighted by atomic mass is 9.98. The van der Waals surface area contributed by atoms with Gasteiger partial charge < -0.3 is 15.0 Å². The summed E-state index contributed by atoms with van der Waals surface area (Å²) in [6.07, 6.45) is 1.65. The SMILES string of the molecule is COCC1CNC(=O)c2c1[nH]c(-c1ccnc3ccc(F)nc13)c2I. The zero-order chi connectivity index (χ0) is 17.6. The third-order valence-corrected chi connectivity index (χ3v) is 5.38. The van der Waals surface area contributed by atoms with Gasteiger partial charge in [0.1, 0.15) is 5.52 Å². The van der Waals surface area contributed by atoms with Crippen LogP contribution in [-0.4, -0.2) is 41.1 Å². The summed E-state index contributed by atoms with van der Waals surface area (Å²) in [4.78, 5) is 23.9. The van der Waals surface area contributed by atoms with Gasteiger partial charge in [-0.1, -0.05) is 0 Å². The number of carbonyl (C=O) groups excluding carboxylic acids is 1. The van der Waals surface area contributed by atoms with E-state index in [-0.39, 0.29) is 11.8 Å². The maximum absolute atomic E-state index is 13.7. The molecule has 1 aliphatic rings. The minimum Gasteiger partial charge on any atom is -0.384 e. The van der Waals surface area contributed by atoms with Crippen LogP contribution in [0, 0.1) is 9.52 Å². The summed E-state index contributed by atoms with van der Waals surface area (Å²) in [5.74, 6) is -0.646. The number of pyridine rings is 2. The lowest BCUT2D eigenvalue weighted by Gasteiger charge is -2.22. The Labute approximate surface area is 156 Å². The van der Waals surface area contributed by atoms with Gasteiger partial charge in [0, 0.05) is 37.0 Å². The number of ether oxygens (including phenoxy) is 1. The monoisotopic (exact) mass is 452 g/mol. The van der Waals surface area contributed by atoms with Crippen LogP contribution in [0.25, 0.3) is 22.3 Å². The molecular formula is C17H14FIN4O2. The predicted octanol–water partition coefficient (Wildman–Crippen LogP) is 2.84. The fourth-order valence-corrected chi connectivity index (χ4v) is 4.12. The van der Waals surface area contributed by atoms with E-state index >= 15 is 0 Å². The first-order valence-corrected chi connectivity index (χ1v) is 8.78. The van der Waals surface area contributed by atoms with Crippen LogP contribution in [-0.2, 0) is 4.74 Å². The summed E-state index contributed by atoms with van der Waals surface area (Å²) >= 11 is 2.14. The van der Waals surface area contributed by atoms with Crippen LogP contribution in [0.15, 0.2) is 24.4 Å². The highest BCUT2D eigenvalue weighted by Gasteiger charge is 2.32. The Hall–Kier alpha value is -2.07. The zero-order valence-electron chi connectivity index (χ0n) is 13.3. The first-order chi connectivity index (χ1) is 12.1. The van der Waals surface area contributed by atoms with E-state index in [1.165, 1.54) is 6.07 Å². The third-order valence-electron chi connectivity index (χ3n) is 4.30. The number of rotatable bonds is 3. The molecule has 3 aromatic heterocycles. The average Bonchev–Trinajstić information content (AvgIpc) is 2.95. The minimum atomic E-state index is -0.567. The highest BCUT2D eigenvalue weighted by Crippen LogP contribution is 2.36. The maximum atomic E-state index is 13.7. The summed E-state index contributed by atoms with van der Waals surface area (Å²) in [7, 11) is 1.63. The van der Waals surface area contributed by atoms with Crippen molar-refractivity contribution in [2.45, 2.75) is 5.92 Å². The molecule has 1 atom stereocenters. The molecule has 0 bridgehead atoms. The molecule has 6 nitrogen and oxygen atoms in total. The molecule has 8 heteroatoms. The Bertz CT molecular complexity index is 988. The molecule has 0 saturated carbocycles. The molecular weight excluding hydrogens is 438 g/mol. The number of nitrogens with zero attached hydrogens (tertiary/aromatic N) is 2. The largest absolute Gasteiger partial charge is 0.384 e. The molecule has 1 amide bonds. The van der Waals surface area contributed by atoms with Gasteiger partial charge in [0.15, 0.2) is 0 Å². The molecule has 1 aliphatic heterocycles. The smallest absolute Gasteiger partial charge is 0.254 e. The van der Waals surface area contributed by atoms with Gasteiger partial charge in [-0.3, -0.25) is 9.78 Å². The Morgan fingerprint density at radius 1 is 1.40 bits per heavy atom. The Kier molecular flexibility index (Phi) is 4.16. The minimum absolute atomic E-state index is 0.0396. The summed E-state index contributed by atoms with van der Waals surface area (Å²) in [5, 5.41) is 2.89. The van der Waals surface area contributed by atoms with Crippen molar-refractivity contribution in [2.75, 3.05) is 20.3 Å². The maximum Gasteiger partial charge on any atom is 0.254 e. The number of halogens is 2. The number of methoxy groups -OCH3 is 1. The number of amides is 1. The second kappa shape index (κ2) is 6.34. The van der Waals surface area contributed by atoms with Crippen molar-refractivity contribution >= 4 is 39.5 Å². The molecule has 0 saturated heterocycles. The molecule has 2 N–H and O–H groups in total. The number of hydrogen-bond donors (Lipinski definition) is 2. The van der Waals surface area contributed by atoms with Gasteiger partial charge in [-0.25, -0.2) is 4.98 Å². The third kappa shape index (κ3) is 2.69. The van der Waals surface area contributed by atoms with Crippen LogP contribution in [0.3, 0.4) is 0 Å². The van der Waals surface area contributed by atoms with Crippen molar-refractivity contribution in [3.63, 3.8) is 0 Å². The lowest BCUT2D eigenvalue weighted by molar-refractivity contribution is 0.0923. The number of H-pyrrole nitrogens is 1. The van der Waals surface area contributed by atoms with Crippen molar-refractivity contribution in [3.05, 3.63) is 45.2 Å². The van der Waals surface area contributed by atoms with Gasteiger partial charge >= 0.3 is 0 Å². The zero-order valence-corrected chi connectivity index (χ0v) is 15.4. The van der Waals surface area contributed by atoms with Crippen LogP contribution in [0.4, 0.5) is 4.39 Å². The Morgan fingerprint density at radius 3 is 3.04 bits per heavy atom. The van der Waals surface area contributed by atoms with Crippen LogP contribution in [0.5, 0.6) is 0 Å². The molecule has 0 radical (unpaired) electrons. The van der Waals surface area contributed by atoms with E-state index in [1.54, 1.807) is 25.4 Å². The predicted molar refractivity (Wildman–Crippen MR) is 98.9 cm³/mol. The van der Waals surface area contributed by atoms with E-state index < -0.39 is 5.95 Å². The van der Waals surface area contributed by atoms with Gasteiger partial charge in [0.05, 0.1) is 27.0 Å². The van der Waals surface area contributed by atoms with Gasteiger partial charge in [0.25, 0.3) is 5.91 Å². The first-order valence-electron chi connectivity index (χ1n) is 7.70. The molecule has 25 heavy (non-hydrogen) atoms. The summed E-state index contributed by atoms with van der Waals surface area (Å²) in [6.45, 7) is 1.01. The number of carbonyl (C=O) groups is 1. The summed E-state index contributed by atoms with van der Waals surface area (Å²) < 4.78 is 19.7. The fourth-order valence-electron chi connectivity index (χ4n) is 3.16. The molecule has 0 fully saturated rings. The van der Waals surface area contributed by atoms with Gasteiger partial charge in [-0.05, 0) is 40.8 Å². The van der Waals surface area contributed by atoms with Gasteiger partial charge in [0.2, 0.25) is 5.95 Å². The van der Waals surface area contributed by atoms with Gasteiger partial charge in [-0.2, -0.15) is 4.39 Å². The molecule has 4 rings (SSSR count). The first kappa shape index (κ1) is 16.4. The average molecular weight is 452 g/mol. The number of fused-ring (bicyclic) bond motifs is 2. The number of nitrogens with one attached hydrogen (secondary N) is 2. The molecule has 0 aliphatic carbocycles. The van der Waals surface area contributed by atoms with Crippen molar-refractivity contribution in [1.29, 1.82) is 0 Å². The van der Waals surface area contributed by atoms with Crippen LogP contribution >= 0.6 is 22.6 Å². The van der Waals surface area contributed by atoms with E-state index in [9.17, 15) is 9.18 Å². The highest BCUT2D eigenvalue weighted by atomic mass is 127. The number of hydrogen-bond acceptors (Lipinski definition) is 4. The van der Waals surface area contributed by atoms with E-state index in [1.807, 2.05) is 0 Å². The van der Waals surface area contributed by atoms with Crippen molar-refractivity contribution in [2.24, 2.45) is 0 Å². The van der Waals surface area contributed by atoms with E-state index in [0.717, 1.165) is 15.0 Å². The van der Waals surface area contributed by atoms with Crippen LogP contribution < -0.4 is 5.32 Å². The number of aromatic amines is 1. The number of aromatic nitrogens is 3. The van der Waals surface area contributed by atoms with Crippen LogP contribution in [0.2, 0.25) is 0 Å². The molecule has 0 spiro atoms. The lowest BCUT2D eigenvalue weighted by Crippen LogP contribution is -2.36. The molecule has 3 aromatic rings. The van der Waals surface area contributed by atoms with Crippen LogP contribution in [0.1, 0.15) is 22.0 Å². The summed E-state index contributed by atoms with van der Waals surface area (Å²) in [6, 6.07) is 4.65.